The van der Waals surface area contributed by atoms with Gasteiger partial charge in [-0.2, -0.15) is 4.31 Å². The van der Waals surface area contributed by atoms with Gasteiger partial charge in [0, 0.05) is 18.8 Å². The molecule has 2 saturated heterocycles. The van der Waals surface area contributed by atoms with Gasteiger partial charge in [0.15, 0.2) is 6.54 Å². The van der Waals surface area contributed by atoms with E-state index in [1.807, 2.05) is 0 Å². The van der Waals surface area contributed by atoms with Crippen LogP contribution in [0.4, 0.5) is 5.69 Å². The number of hydrogen-bond donors (Lipinski definition) is 2. The predicted molar refractivity (Wildman–Crippen MR) is 111 cm³/mol. The first-order valence-corrected chi connectivity index (χ1v) is 11.9. The van der Waals surface area contributed by atoms with Crippen molar-refractivity contribution in [2.45, 2.75) is 44.9 Å². The number of nitrogens with one attached hydrogen (secondary N) is 2. The summed E-state index contributed by atoms with van der Waals surface area (Å²) < 4.78 is 27.5. The van der Waals surface area contributed by atoms with Gasteiger partial charge in [0.2, 0.25) is 10.0 Å². The lowest BCUT2D eigenvalue weighted by Gasteiger charge is -2.34. The summed E-state index contributed by atoms with van der Waals surface area (Å²) >= 11 is 0. The number of anilines is 1. The first-order chi connectivity index (χ1) is 13.2. The molecule has 1 aromatic carbocycles. The number of amides is 1. The smallest absolute Gasteiger partial charge is 0.279 e. The Morgan fingerprint density at radius 2 is 1.61 bits per heavy atom. The van der Waals surface area contributed by atoms with E-state index in [-0.39, 0.29) is 5.91 Å². The fourth-order valence-electron chi connectivity index (χ4n) is 4.44. The van der Waals surface area contributed by atoms with Gasteiger partial charge in [0.05, 0.1) is 18.0 Å². The van der Waals surface area contributed by atoms with Crippen LogP contribution in [0.2, 0.25) is 0 Å². The Bertz CT molecular complexity index is 761. The molecule has 156 valence electrons. The molecule has 0 aromatic heterocycles. The topological polar surface area (TPSA) is 70.9 Å². The molecule has 2 heterocycles. The Kier molecular flexibility index (Phi) is 6.78. The minimum absolute atomic E-state index is 0.0150. The molecule has 7 heteroatoms. The molecule has 0 unspecified atom stereocenters. The highest BCUT2D eigenvalue weighted by Crippen LogP contribution is 2.27. The lowest BCUT2D eigenvalue weighted by Crippen LogP contribution is -3.14. The molecule has 2 atom stereocenters. The number of nitrogens with zero attached hydrogens (tertiary/aromatic N) is 1. The highest BCUT2D eigenvalue weighted by molar-refractivity contribution is 7.89. The van der Waals surface area contributed by atoms with E-state index in [0.29, 0.717) is 42.1 Å². The van der Waals surface area contributed by atoms with Crippen molar-refractivity contribution in [3.63, 3.8) is 0 Å². The number of quaternary nitrogens is 1. The standard InChI is InChI=1S/C21H33N3O3S/c1-16-8-10-23(11-9-16)15-21(25)22-19-4-6-20(7-5-19)28(26,27)24-13-17(2)12-18(3)14-24/h4-7,16-18H,8-15H2,1-3H3,(H,22,25)/p+1/t17-,18-/m1/s1. The van der Waals surface area contributed by atoms with E-state index in [0.717, 1.165) is 25.4 Å². The third kappa shape index (κ3) is 5.33. The lowest BCUT2D eigenvalue weighted by atomic mass is 9.94. The maximum Gasteiger partial charge on any atom is 0.279 e. The van der Waals surface area contributed by atoms with Crippen molar-refractivity contribution < 1.29 is 18.1 Å². The van der Waals surface area contributed by atoms with Gasteiger partial charge in [0.1, 0.15) is 0 Å². The van der Waals surface area contributed by atoms with Gasteiger partial charge in [0.25, 0.3) is 5.91 Å². The first-order valence-electron chi connectivity index (χ1n) is 10.5. The molecule has 2 N–H and O–H groups in total. The summed E-state index contributed by atoms with van der Waals surface area (Å²) in [6.45, 7) is 10.2. The molecular formula is C21H34N3O3S+. The SMILES string of the molecule is CC1CC[NH+](CC(=O)Nc2ccc(S(=O)(=O)N3C[C@H](C)C[C@@H](C)C3)cc2)CC1. The number of piperidine rings is 2. The molecule has 3 rings (SSSR count). The predicted octanol–water partition coefficient (Wildman–Crippen LogP) is 1.61. The summed E-state index contributed by atoms with van der Waals surface area (Å²) in [5, 5.41) is 2.90. The highest BCUT2D eigenvalue weighted by atomic mass is 32.2. The summed E-state index contributed by atoms with van der Waals surface area (Å²) in [6.07, 6.45) is 3.40. The van der Waals surface area contributed by atoms with E-state index >= 15 is 0 Å². The van der Waals surface area contributed by atoms with Crippen molar-refractivity contribution in [3.05, 3.63) is 24.3 Å². The number of benzene rings is 1. The molecule has 1 aromatic rings. The van der Waals surface area contributed by atoms with Crippen LogP contribution in [0.3, 0.4) is 0 Å². The zero-order valence-electron chi connectivity index (χ0n) is 17.3. The van der Waals surface area contributed by atoms with Crippen LogP contribution >= 0.6 is 0 Å². The van der Waals surface area contributed by atoms with Gasteiger partial charge < -0.3 is 10.2 Å². The Labute approximate surface area is 169 Å². The molecule has 1 amide bonds. The lowest BCUT2D eigenvalue weighted by molar-refractivity contribution is -0.897. The normalized spacial score (nSPS) is 29.4. The molecule has 2 fully saturated rings. The van der Waals surface area contributed by atoms with Crippen molar-refractivity contribution in [2.75, 3.05) is 38.0 Å². The fraction of sp³-hybridized carbons (Fsp3) is 0.667. The molecular weight excluding hydrogens is 374 g/mol. The van der Waals surface area contributed by atoms with Crippen molar-refractivity contribution in [1.29, 1.82) is 0 Å². The number of sulfonamides is 1. The number of rotatable bonds is 5. The van der Waals surface area contributed by atoms with E-state index in [4.69, 9.17) is 0 Å². The van der Waals surface area contributed by atoms with Crippen molar-refractivity contribution in [2.24, 2.45) is 17.8 Å². The Morgan fingerprint density at radius 3 is 2.18 bits per heavy atom. The average Bonchev–Trinajstić information content (AvgIpc) is 2.63. The van der Waals surface area contributed by atoms with E-state index in [1.165, 1.54) is 17.7 Å². The number of carbonyl (C=O) groups is 1. The molecule has 2 aliphatic rings. The van der Waals surface area contributed by atoms with Gasteiger partial charge >= 0.3 is 0 Å². The van der Waals surface area contributed by atoms with Crippen LogP contribution in [0.5, 0.6) is 0 Å². The first kappa shape index (κ1) is 21.3. The minimum Gasteiger partial charge on any atom is -0.327 e. The number of carbonyl (C=O) groups excluding carboxylic acids is 1. The van der Waals surface area contributed by atoms with Gasteiger partial charge in [-0.05, 0) is 61.3 Å². The Balaban J connectivity index is 1.59. The Morgan fingerprint density at radius 1 is 1.04 bits per heavy atom. The molecule has 0 radical (unpaired) electrons. The molecule has 0 spiro atoms. The van der Waals surface area contributed by atoms with Crippen LogP contribution in [-0.4, -0.2) is 51.4 Å². The third-order valence-corrected chi connectivity index (χ3v) is 7.85. The summed E-state index contributed by atoms with van der Waals surface area (Å²) in [6, 6.07) is 6.58. The quantitative estimate of drug-likeness (QED) is 0.778. The molecule has 28 heavy (non-hydrogen) atoms. The van der Waals surface area contributed by atoms with Crippen LogP contribution in [0, 0.1) is 17.8 Å². The third-order valence-electron chi connectivity index (χ3n) is 6.00. The van der Waals surface area contributed by atoms with Gasteiger partial charge in [-0.15, -0.1) is 0 Å². The second kappa shape index (κ2) is 8.93. The van der Waals surface area contributed by atoms with Crippen molar-refractivity contribution in [3.8, 4) is 0 Å². The van der Waals surface area contributed by atoms with E-state index < -0.39 is 10.0 Å². The maximum atomic E-state index is 12.9. The van der Waals surface area contributed by atoms with Crippen LogP contribution in [0.25, 0.3) is 0 Å². The second-order valence-electron chi connectivity index (χ2n) is 8.95. The Hall–Kier alpha value is -1.44. The number of hydrogen-bond acceptors (Lipinski definition) is 3. The van der Waals surface area contributed by atoms with Crippen molar-refractivity contribution in [1.82, 2.24) is 4.31 Å². The zero-order valence-corrected chi connectivity index (χ0v) is 18.1. The minimum atomic E-state index is -3.48. The van der Waals surface area contributed by atoms with Gasteiger partial charge in [-0.1, -0.05) is 20.8 Å². The summed E-state index contributed by atoms with van der Waals surface area (Å²) in [5.41, 5.74) is 0.647. The van der Waals surface area contributed by atoms with Crippen LogP contribution in [0.15, 0.2) is 29.2 Å². The molecule has 6 nitrogen and oxygen atoms in total. The van der Waals surface area contributed by atoms with E-state index in [2.05, 4.69) is 26.1 Å². The maximum absolute atomic E-state index is 12.9. The van der Waals surface area contributed by atoms with E-state index in [9.17, 15) is 13.2 Å². The largest absolute Gasteiger partial charge is 0.327 e. The summed E-state index contributed by atoms with van der Waals surface area (Å²) in [7, 11) is -3.48. The van der Waals surface area contributed by atoms with Crippen LogP contribution in [0.1, 0.15) is 40.0 Å². The molecule has 2 aliphatic heterocycles. The van der Waals surface area contributed by atoms with Crippen LogP contribution in [-0.2, 0) is 14.8 Å². The highest BCUT2D eigenvalue weighted by Gasteiger charge is 2.31. The van der Waals surface area contributed by atoms with E-state index in [1.54, 1.807) is 28.6 Å². The number of likely N-dealkylation sites (tertiary alicyclic amines) is 1. The van der Waals surface area contributed by atoms with Crippen LogP contribution < -0.4 is 10.2 Å². The zero-order chi connectivity index (χ0) is 20.3. The molecule has 0 saturated carbocycles. The molecule has 0 bridgehead atoms. The average molecular weight is 409 g/mol. The summed E-state index contributed by atoms with van der Waals surface area (Å²) in [5.74, 6) is 1.49. The monoisotopic (exact) mass is 408 g/mol. The van der Waals surface area contributed by atoms with Gasteiger partial charge in [-0.3, -0.25) is 4.79 Å². The summed E-state index contributed by atoms with van der Waals surface area (Å²) in [4.78, 5) is 13.9. The second-order valence-corrected chi connectivity index (χ2v) is 10.9. The van der Waals surface area contributed by atoms with Crippen molar-refractivity contribution >= 4 is 21.6 Å². The molecule has 0 aliphatic carbocycles. The van der Waals surface area contributed by atoms with Gasteiger partial charge in [-0.25, -0.2) is 8.42 Å². The fourth-order valence-corrected chi connectivity index (χ4v) is 6.12.